The SMILES string of the molecule is CCCNC1CC(OCCC(C)(C)C)C1(C)C. The molecule has 2 heteroatoms. The van der Waals surface area contributed by atoms with Gasteiger partial charge in [-0.15, -0.1) is 0 Å². The number of nitrogens with one attached hydrogen (secondary N) is 1. The summed E-state index contributed by atoms with van der Waals surface area (Å²) in [5.41, 5.74) is 0.681. The van der Waals surface area contributed by atoms with Crippen LogP contribution < -0.4 is 5.32 Å². The first-order chi connectivity index (χ1) is 7.77. The van der Waals surface area contributed by atoms with Gasteiger partial charge in [-0.25, -0.2) is 0 Å². The lowest BCUT2D eigenvalue weighted by atomic mass is 9.64. The molecule has 1 fully saturated rings. The van der Waals surface area contributed by atoms with Crippen molar-refractivity contribution < 1.29 is 4.74 Å². The van der Waals surface area contributed by atoms with Crippen LogP contribution in [0.15, 0.2) is 0 Å². The molecule has 0 heterocycles. The first-order valence-electron chi connectivity index (χ1n) is 7.12. The van der Waals surface area contributed by atoms with Crippen LogP contribution in [0.1, 0.15) is 60.8 Å². The minimum absolute atomic E-state index is 0.299. The molecule has 0 aromatic carbocycles. The summed E-state index contributed by atoms with van der Waals surface area (Å²) in [5, 5.41) is 3.62. The van der Waals surface area contributed by atoms with Crippen molar-refractivity contribution >= 4 is 0 Å². The van der Waals surface area contributed by atoms with Crippen LogP contribution in [0.2, 0.25) is 0 Å². The molecule has 0 bridgehead atoms. The summed E-state index contributed by atoms with van der Waals surface area (Å²) in [6, 6.07) is 0.641. The van der Waals surface area contributed by atoms with Crippen molar-refractivity contribution in [1.29, 1.82) is 0 Å². The van der Waals surface area contributed by atoms with Crippen LogP contribution in [-0.2, 0) is 4.74 Å². The Labute approximate surface area is 108 Å². The molecule has 0 amide bonds. The van der Waals surface area contributed by atoms with Crippen molar-refractivity contribution in [2.24, 2.45) is 10.8 Å². The highest BCUT2D eigenvalue weighted by molar-refractivity contribution is 5.02. The van der Waals surface area contributed by atoms with Gasteiger partial charge in [-0.2, -0.15) is 0 Å². The molecule has 102 valence electrons. The molecule has 2 nitrogen and oxygen atoms in total. The summed E-state index contributed by atoms with van der Waals surface area (Å²) >= 11 is 0. The van der Waals surface area contributed by atoms with Gasteiger partial charge in [-0.05, 0) is 31.2 Å². The van der Waals surface area contributed by atoms with Gasteiger partial charge in [0.2, 0.25) is 0 Å². The highest BCUT2D eigenvalue weighted by Crippen LogP contribution is 2.43. The summed E-state index contributed by atoms with van der Waals surface area (Å²) in [4.78, 5) is 0. The Hall–Kier alpha value is -0.0800. The number of ether oxygens (including phenoxy) is 1. The fourth-order valence-corrected chi connectivity index (χ4v) is 2.34. The van der Waals surface area contributed by atoms with Gasteiger partial charge in [0.1, 0.15) is 0 Å². The van der Waals surface area contributed by atoms with Crippen molar-refractivity contribution in [3.05, 3.63) is 0 Å². The van der Waals surface area contributed by atoms with Crippen LogP contribution in [0.3, 0.4) is 0 Å². The molecule has 0 saturated heterocycles. The van der Waals surface area contributed by atoms with Crippen molar-refractivity contribution in [1.82, 2.24) is 5.32 Å². The largest absolute Gasteiger partial charge is 0.378 e. The molecule has 0 aliphatic heterocycles. The predicted octanol–water partition coefficient (Wildman–Crippen LogP) is 3.61. The van der Waals surface area contributed by atoms with Crippen LogP contribution in [0.4, 0.5) is 0 Å². The number of hydrogen-bond acceptors (Lipinski definition) is 2. The molecule has 0 aromatic rings. The van der Waals surface area contributed by atoms with Gasteiger partial charge in [0, 0.05) is 18.1 Å². The number of rotatable bonds is 6. The summed E-state index contributed by atoms with van der Waals surface area (Å²) in [6.45, 7) is 15.7. The van der Waals surface area contributed by atoms with Crippen molar-refractivity contribution in [2.75, 3.05) is 13.2 Å². The molecular formula is C15H31NO. The molecule has 1 aliphatic rings. The third kappa shape index (κ3) is 4.26. The molecule has 1 saturated carbocycles. The van der Waals surface area contributed by atoms with Crippen molar-refractivity contribution in [3.8, 4) is 0 Å². The van der Waals surface area contributed by atoms with E-state index in [9.17, 15) is 0 Å². The Morgan fingerprint density at radius 3 is 2.41 bits per heavy atom. The standard InChI is InChI=1S/C15H31NO/c1-7-9-16-12-11-13(15(12,5)6)17-10-8-14(2,3)4/h12-13,16H,7-11H2,1-6H3. The van der Waals surface area contributed by atoms with Gasteiger partial charge in [-0.1, -0.05) is 41.5 Å². The van der Waals surface area contributed by atoms with Crippen LogP contribution in [0, 0.1) is 10.8 Å². The van der Waals surface area contributed by atoms with Crippen LogP contribution in [-0.4, -0.2) is 25.3 Å². The zero-order valence-electron chi connectivity index (χ0n) is 12.6. The van der Waals surface area contributed by atoms with E-state index in [0.717, 1.165) is 19.6 Å². The normalized spacial score (nSPS) is 27.9. The molecule has 1 N–H and O–H groups in total. The van der Waals surface area contributed by atoms with E-state index in [0.29, 0.717) is 23.0 Å². The number of hydrogen-bond donors (Lipinski definition) is 1. The highest BCUT2D eigenvalue weighted by atomic mass is 16.5. The van der Waals surface area contributed by atoms with E-state index >= 15 is 0 Å². The summed E-state index contributed by atoms with van der Waals surface area (Å²) in [6.07, 6.45) is 3.98. The topological polar surface area (TPSA) is 21.3 Å². The monoisotopic (exact) mass is 241 g/mol. The molecule has 2 atom stereocenters. The van der Waals surface area contributed by atoms with Gasteiger partial charge < -0.3 is 10.1 Å². The second kappa shape index (κ2) is 5.71. The molecule has 17 heavy (non-hydrogen) atoms. The average molecular weight is 241 g/mol. The minimum Gasteiger partial charge on any atom is -0.378 e. The lowest BCUT2D eigenvalue weighted by Gasteiger charge is -2.52. The molecule has 0 aromatic heterocycles. The highest BCUT2D eigenvalue weighted by Gasteiger charge is 2.48. The van der Waals surface area contributed by atoms with Crippen LogP contribution >= 0.6 is 0 Å². The van der Waals surface area contributed by atoms with E-state index < -0.39 is 0 Å². The van der Waals surface area contributed by atoms with Gasteiger partial charge in [0.15, 0.2) is 0 Å². The van der Waals surface area contributed by atoms with Gasteiger partial charge in [0.05, 0.1) is 6.10 Å². The zero-order chi connectivity index (χ0) is 13.1. The van der Waals surface area contributed by atoms with E-state index in [1.165, 1.54) is 12.8 Å². The van der Waals surface area contributed by atoms with Gasteiger partial charge in [0.25, 0.3) is 0 Å². The Bertz CT molecular complexity index is 230. The van der Waals surface area contributed by atoms with Gasteiger partial charge >= 0.3 is 0 Å². The second-order valence-corrected chi connectivity index (χ2v) is 7.23. The lowest BCUT2D eigenvalue weighted by Crippen LogP contribution is -2.61. The molecular weight excluding hydrogens is 210 g/mol. The van der Waals surface area contributed by atoms with Crippen LogP contribution in [0.25, 0.3) is 0 Å². The Balaban J connectivity index is 2.25. The fourth-order valence-electron chi connectivity index (χ4n) is 2.34. The Morgan fingerprint density at radius 1 is 1.29 bits per heavy atom. The third-order valence-corrected chi connectivity index (χ3v) is 3.99. The lowest BCUT2D eigenvalue weighted by molar-refractivity contribution is -0.121. The summed E-state index contributed by atoms with van der Waals surface area (Å²) < 4.78 is 6.04. The third-order valence-electron chi connectivity index (χ3n) is 3.99. The van der Waals surface area contributed by atoms with E-state index in [-0.39, 0.29) is 0 Å². The predicted molar refractivity (Wildman–Crippen MR) is 74.3 cm³/mol. The quantitative estimate of drug-likeness (QED) is 0.767. The summed E-state index contributed by atoms with van der Waals surface area (Å²) in [5.74, 6) is 0. The first kappa shape index (κ1) is 15.0. The van der Waals surface area contributed by atoms with Gasteiger partial charge in [-0.3, -0.25) is 0 Å². The molecule has 0 radical (unpaired) electrons. The first-order valence-corrected chi connectivity index (χ1v) is 7.12. The molecule has 2 unspecified atom stereocenters. The Kier molecular flexibility index (Phi) is 5.03. The maximum Gasteiger partial charge on any atom is 0.0655 e. The maximum absolute atomic E-state index is 6.04. The average Bonchev–Trinajstić information content (AvgIpc) is 2.19. The molecule has 1 rings (SSSR count). The van der Waals surface area contributed by atoms with Crippen LogP contribution in [0.5, 0.6) is 0 Å². The van der Waals surface area contributed by atoms with Crippen molar-refractivity contribution in [2.45, 2.75) is 73.0 Å². The molecule has 1 aliphatic carbocycles. The fraction of sp³-hybridized carbons (Fsp3) is 1.00. The van der Waals surface area contributed by atoms with E-state index in [1.807, 2.05) is 0 Å². The zero-order valence-corrected chi connectivity index (χ0v) is 12.6. The maximum atomic E-state index is 6.04. The van der Waals surface area contributed by atoms with E-state index in [4.69, 9.17) is 4.74 Å². The summed E-state index contributed by atoms with van der Waals surface area (Å²) in [7, 11) is 0. The van der Waals surface area contributed by atoms with E-state index in [1.54, 1.807) is 0 Å². The van der Waals surface area contributed by atoms with E-state index in [2.05, 4.69) is 46.9 Å². The minimum atomic E-state index is 0.299. The molecule has 0 spiro atoms. The smallest absolute Gasteiger partial charge is 0.0655 e. The second-order valence-electron chi connectivity index (χ2n) is 7.23. The van der Waals surface area contributed by atoms with Crippen molar-refractivity contribution in [3.63, 3.8) is 0 Å². The Morgan fingerprint density at radius 2 is 1.94 bits per heavy atom.